The number of rotatable bonds is 8. The maximum Gasteiger partial charge on any atom is 0.305 e. The van der Waals surface area contributed by atoms with Crippen molar-refractivity contribution in [2.24, 2.45) is 0 Å². The average Bonchev–Trinajstić information content (AvgIpc) is 2.91. The molecule has 1 heterocycles. The molecule has 3 aromatic carbocycles. The summed E-state index contributed by atoms with van der Waals surface area (Å²) in [6.45, 7) is 3.92. The summed E-state index contributed by atoms with van der Waals surface area (Å²) in [7, 11) is -0.925. The monoisotopic (exact) mass is 521 g/mol. The first kappa shape index (κ1) is 26.3. The number of hydrogen-bond donors (Lipinski definition) is 0. The molecule has 0 aromatic heterocycles. The number of fused-ring (bicyclic) bond motifs is 1. The Morgan fingerprint density at radius 3 is 2.59 bits per heavy atom. The Hall–Kier alpha value is -3.78. The third-order valence-corrected chi connectivity index (χ3v) is 8.08. The molecule has 1 aliphatic heterocycles. The summed E-state index contributed by atoms with van der Waals surface area (Å²) in [5.74, 6) is 0.842. The van der Waals surface area contributed by atoms with Gasteiger partial charge in [0.1, 0.15) is 17.6 Å². The van der Waals surface area contributed by atoms with E-state index in [-0.39, 0.29) is 23.8 Å². The minimum Gasteiger partial charge on any atom is -0.496 e. The number of ether oxygens (including phenoxy) is 3. The minimum absolute atomic E-state index is 0.0823. The largest absolute Gasteiger partial charge is 0.496 e. The van der Waals surface area contributed by atoms with E-state index in [0.29, 0.717) is 17.9 Å². The van der Waals surface area contributed by atoms with Crippen LogP contribution in [-0.4, -0.2) is 41.3 Å². The number of hydrogen-bond acceptors (Lipinski definition) is 6. The van der Waals surface area contributed by atoms with Gasteiger partial charge in [0.25, 0.3) is 10.0 Å². The Morgan fingerprint density at radius 1 is 1.08 bits per heavy atom. The van der Waals surface area contributed by atoms with E-state index in [1.54, 1.807) is 31.4 Å². The smallest absolute Gasteiger partial charge is 0.305 e. The Kier molecular flexibility index (Phi) is 7.88. The number of sulfonamides is 1. The van der Waals surface area contributed by atoms with Crippen LogP contribution in [0.3, 0.4) is 0 Å². The molecule has 37 heavy (non-hydrogen) atoms. The van der Waals surface area contributed by atoms with Crippen LogP contribution < -0.4 is 13.8 Å². The highest BCUT2D eigenvalue weighted by molar-refractivity contribution is 7.92. The number of allylic oxidation sites excluding steroid dienone is 1. The highest BCUT2D eigenvalue weighted by Gasteiger charge is 2.35. The van der Waals surface area contributed by atoms with Gasteiger partial charge in [-0.25, -0.2) is 8.42 Å². The van der Waals surface area contributed by atoms with Crippen molar-refractivity contribution in [1.82, 2.24) is 0 Å². The summed E-state index contributed by atoms with van der Waals surface area (Å²) >= 11 is 0. The van der Waals surface area contributed by atoms with Crippen molar-refractivity contribution in [2.75, 3.05) is 25.1 Å². The molecule has 0 fully saturated rings. The van der Waals surface area contributed by atoms with Crippen LogP contribution in [0.1, 0.15) is 36.5 Å². The quantitative estimate of drug-likeness (QED) is 0.289. The Labute approximate surface area is 218 Å². The number of benzene rings is 3. The topological polar surface area (TPSA) is 82.1 Å². The van der Waals surface area contributed by atoms with Crippen LogP contribution in [0.25, 0.3) is 11.6 Å². The molecule has 0 N–H and O–H groups in total. The zero-order valence-electron chi connectivity index (χ0n) is 21.4. The summed E-state index contributed by atoms with van der Waals surface area (Å²) in [4.78, 5) is 11.9. The molecule has 7 nitrogen and oxygen atoms in total. The van der Waals surface area contributed by atoms with Gasteiger partial charge in [0, 0.05) is 12.0 Å². The third-order valence-electron chi connectivity index (χ3n) is 6.31. The van der Waals surface area contributed by atoms with Crippen LogP contribution in [0.5, 0.6) is 11.5 Å². The summed E-state index contributed by atoms with van der Waals surface area (Å²) < 4.78 is 45.4. The summed E-state index contributed by atoms with van der Waals surface area (Å²) in [6.07, 6.45) is 1.95. The molecular weight excluding hydrogens is 490 g/mol. The lowest BCUT2D eigenvalue weighted by Gasteiger charge is -2.35. The number of para-hydroxylation sites is 1. The van der Waals surface area contributed by atoms with Gasteiger partial charge in [-0.15, -0.1) is 0 Å². The summed E-state index contributed by atoms with van der Waals surface area (Å²) in [5, 5.41) is 0. The van der Waals surface area contributed by atoms with Gasteiger partial charge in [0.15, 0.2) is 0 Å². The zero-order chi connectivity index (χ0) is 26.6. The number of aryl methyl sites for hydroxylation is 1. The highest BCUT2D eigenvalue weighted by Crippen LogP contribution is 2.39. The normalized spacial score (nSPS) is 15.5. The molecule has 194 valence electrons. The van der Waals surface area contributed by atoms with Gasteiger partial charge in [0.05, 0.1) is 31.3 Å². The zero-order valence-corrected chi connectivity index (χ0v) is 22.2. The second kappa shape index (κ2) is 11.1. The van der Waals surface area contributed by atoms with Gasteiger partial charge < -0.3 is 14.2 Å². The summed E-state index contributed by atoms with van der Waals surface area (Å²) in [5.41, 5.74) is 4.05. The average molecular weight is 522 g/mol. The van der Waals surface area contributed by atoms with Crippen molar-refractivity contribution in [3.05, 3.63) is 83.4 Å². The van der Waals surface area contributed by atoms with E-state index in [9.17, 15) is 13.2 Å². The molecule has 1 aliphatic rings. The van der Waals surface area contributed by atoms with E-state index in [4.69, 9.17) is 14.2 Å². The molecule has 0 aliphatic carbocycles. The molecule has 3 aromatic rings. The highest BCUT2D eigenvalue weighted by atomic mass is 32.2. The summed E-state index contributed by atoms with van der Waals surface area (Å²) in [6, 6.07) is 20.1. The lowest BCUT2D eigenvalue weighted by molar-refractivity contribution is -0.141. The molecule has 0 unspecified atom stereocenters. The van der Waals surface area contributed by atoms with Gasteiger partial charge in [-0.2, -0.15) is 0 Å². The molecule has 0 bridgehead atoms. The number of anilines is 1. The third kappa shape index (κ3) is 5.80. The predicted octanol–water partition coefficient (Wildman–Crippen LogP) is 5.47. The van der Waals surface area contributed by atoms with Crippen molar-refractivity contribution in [3.63, 3.8) is 0 Å². The van der Waals surface area contributed by atoms with Crippen molar-refractivity contribution in [1.29, 1.82) is 0 Å². The fraction of sp³-hybridized carbons (Fsp3) is 0.276. The van der Waals surface area contributed by atoms with Gasteiger partial charge >= 0.3 is 5.97 Å². The second-order valence-corrected chi connectivity index (χ2v) is 10.8. The molecule has 0 radical (unpaired) electrons. The van der Waals surface area contributed by atoms with E-state index < -0.39 is 16.1 Å². The van der Waals surface area contributed by atoms with Gasteiger partial charge in [-0.3, -0.25) is 9.10 Å². The number of carbonyl (C=O) groups is 1. The van der Waals surface area contributed by atoms with Crippen LogP contribution in [-0.2, 0) is 19.6 Å². The van der Waals surface area contributed by atoms with E-state index in [0.717, 1.165) is 28.0 Å². The fourth-order valence-corrected chi connectivity index (χ4v) is 5.98. The maximum absolute atomic E-state index is 13.8. The van der Waals surface area contributed by atoms with Crippen LogP contribution in [0.15, 0.2) is 71.6 Å². The fourth-order valence-electron chi connectivity index (χ4n) is 4.38. The van der Waals surface area contributed by atoms with E-state index in [1.807, 2.05) is 62.4 Å². The Bertz CT molecular complexity index is 1430. The number of nitrogens with zero attached hydrogens (tertiary/aromatic N) is 1. The predicted molar refractivity (Wildman–Crippen MR) is 144 cm³/mol. The lowest BCUT2D eigenvalue weighted by atomic mass is 10.0. The minimum atomic E-state index is -3.89. The SMILES string of the molecule is COC(=O)CC[C@H]1CN(S(=O)(=O)c2cccc(C)c2)c2cc(/C=C(\C)c3ccccc3OC)ccc2O1. The number of carbonyl (C=O) groups excluding carboxylic acids is 1. The van der Waals surface area contributed by atoms with Crippen molar-refractivity contribution in [3.8, 4) is 11.5 Å². The van der Waals surface area contributed by atoms with E-state index in [1.165, 1.54) is 11.4 Å². The molecule has 0 amide bonds. The Morgan fingerprint density at radius 2 is 1.86 bits per heavy atom. The van der Waals surface area contributed by atoms with Crippen LogP contribution in [0.4, 0.5) is 5.69 Å². The molecule has 0 spiro atoms. The first-order valence-electron chi connectivity index (χ1n) is 12.0. The lowest BCUT2D eigenvalue weighted by Crippen LogP contribution is -2.43. The molecular formula is C29H31NO6S. The standard InChI is InChI=1S/C29H31NO6S/c1-20-8-7-9-24(16-20)37(32,33)30-19-23(13-15-29(31)35-4)36-28-14-12-22(18-26(28)30)17-21(2)25-10-5-6-11-27(25)34-3/h5-12,14,16-18,23H,13,15,19H2,1-4H3/b21-17+/t23-/m0/s1. The van der Waals surface area contributed by atoms with Crippen molar-refractivity contribution in [2.45, 2.75) is 37.7 Å². The van der Waals surface area contributed by atoms with Crippen LogP contribution in [0, 0.1) is 6.92 Å². The molecule has 0 saturated carbocycles. The van der Waals surface area contributed by atoms with Crippen LogP contribution >= 0.6 is 0 Å². The number of esters is 1. The van der Waals surface area contributed by atoms with Crippen molar-refractivity contribution < 1.29 is 27.4 Å². The molecule has 4 rings (SSSR count). The maximum atomic E-state index is 13.8. The second-order valence-electron chi connectivity index (χ2n) is 8.96. The van der Waals surface area contributed by atoms with E-state index in [2.05, 4.69) is 0 Å². The first-order chi connectivity index (χ1) is 17.7. The van der Waals surface area contributed by atoms with Crippen molar-refractivity contribution >= 4 is 33.3 Å². The van der Waals surface area contributed by atoms with Gasteiger partial charge in [-0.1, -0.05) is 42.5 Å². The molecule has 1 atom stereocenters. The first-order valence-corrected chi connectivity index (χ1v) is 13.5. The van der Waals surface area contributed by atoms with E-state index >= 15 is 0 Å². The number of methoxy groups -OCH3 is 2. The molecule has 8 heteroatoms. The Balaban J connectivity index is 1.75. The van der Waals surface area contributed by atoms with Crippen LogP contribution in [0.2, 0.25) is 0 Å². The molecule has 0 saturated heterocycles. The van der Waals surface area contributed by atoms with Gasteiger partial charge in [0.2, 0.25) is 0 Å². The van der Waals surface area contributed by atoms with Gasteiger partial charge in [-0.05, 0) is 67.3 Å².